The summed E-state index contributed by atoms with van der Waals surface area (Å²) in [6, 6.07) is 4.77. The lowest BCUT2D eigenvalue weighted by Gasteiger charge is -2.08. The fourth-order valence-corrected chi connectivity index (χ4v) is 2.00. The second-order valence-electron chi connectivity index (χ2n) is 4.03. The average Bonchev–Trinajstić information content (AvgIpc) is 2.91. The van der Waals surface area contributed by atoms with Gasteiger partial charge < -0.3 is 10.6 Å². The molecule has 0 amide bonds. The van der Waals surface area contributed by atoms with Gasteiger partial charge in [-0.3, -0.25) is 5.10 Å². The Balaban J connectivity index is 2.04. The van der Waals surface area contributed by atoms with Crippen LogP contribution in [0.15, 0.2) is 28.9 Å². The van der Waals surface area contributed by atoms with Crippen LogP contribution in [0.3, 0.4) is 0 Å². The van der Waals surface area contributed by atoms with Gasteiger partial charge in [0.15, 0.2) is 5.65 Å². The van der Waals surface area contributed by atoms with E-state index in [9.17, 15) is 4.39 Å². The van der Waals surface area contributed by atoms with Crippen molar-refractivity contribution in [2.45, 2.75) is 0 Å². The van der Waals surface area contributed by atoms with Crippen molar-refractivity contribution >= 4 is 44.4 Å². The molecule has 0 aliphatic heterocycles. The number of H-pyrrole nitrogens is 1. The third-order valence-corrected chi connectivity index (χ3v) is 3.36. The van der Waals surface area contributed by atoms with Gasteiger partial charge in [-0.15, -0.1) is 0 Å². The number of hydrogen-bond donors (Lipinski definition) is 3. The van der Waals surface area contributed by atoms with Gasteiger partial charge in [0.05, 0.1) is 16.1 Å². The number of aromatic nitrogens is 4. The van der Waals surface area contributed by atoms with Crippen molar-refractivity contribution in [2.75, 3.05) is 17.7 Å². The quantitative estimate of drug-likeness (QED) is 0.685. The van der Waals surface area contributed by atoms with Crippen LogP contribution in [0.4, 0.5) is 21.8 Å². The molecule has 0 aliphatic carbocycles. The monoisotopic (exact) mass is 336 g/mol. The van der Waals surface area contributed by atoms with E-state index < -0.39 is 0 Å². The Hall–Kier alpha value is -2.22. The standard InChI is InChI=1S/C12H10BrFN6/c1-15-12-18-10(7-5-16-20-11(7)19-12)17-6-2-3-8(13)9(14)4-6/h2-5H,1H3,(H3,15,16,17,18,19,20). The summed E-state index contributed by atoms with van der Waals surface area (Å²) < 4.78 is 13.9. The normalized spacial score (nSPS) is 10.8. The second kappa shape index (κ2) is 5.04. The van der Waals surface area contributed by atoms with Crippen molar-refractivity contribution in [1.29, 1.82) is 0 Å². The lowest BCUT2D eigenvalue weighted by Crippen LogP contribution is -2.01. The van der Waals surface area contributed by atoms with E-state index in [0.717, 1.165) is 5.39 Å². The van der Waals surface area contributed by atoms with Crippen LogP contribution >= 0.6 is 15.9 Å². The summed E-state index contributed by atoms with van der Waals surface area (Å²) in [5.74, 6) is 0.651. The van der Waals surface area contributed by atoms with Crippen molar-refractivity contribution in [1.82, 2.24) is 20.2 Å². The van der Waals surface area contributed by atoms with Gasteiger partial charge in [0.25, 0.3) is 0 Å². The molecule has 2 aromatic heterocycles. The van der Waals surface area contributed by atoms with E-state index in [2.05, 4.69) is 46.7 Å². The Labute approximate surface area is 122 Å². The minimum Gasteiger partial charge on any atom is -0.357 e. The van der Waals surface area contributed by atoms with E-state index in [-0.39, 0.29) is 5.82 Å². The van der Waals surface area contributed by atoms with Crippen molar-refractivity contribution in [3.63, 3.8) is 0 Å². The fraction of sp³-hybridized carbons (Fsp3) is 0.0833. The Morgan fingerprint density at radius 1 is 1.30 bits per heavy atom. The lowest BCUT2D eigenvalue weighted by molar-refractivity contribution is 0.622. The Morgan fingerprint density at radius 3 is 2.90 bits per heavy atom. The highest BCUT2D eigenvalue weighted by molar-refractivity contribution is 9.10. The molecule has 0 saturated carbocycles. The Bertz CT molecular complexity index is 772. The van der Waals surface area contributed by atoms with E-state index in [4.69, 9.17) is 0 Å². The maximum Gasteiger partial charge on any atom is 0.226 e. The summed E-state index contributed by atoms with van der Waals surface area (Å²) in [7, 11) is 1.72. The smallest absolute Gasteiger partial charge is 0.226 e. The van der Waals surface area contributed by atoms with Gasteiger partial charge in [0.2, 0.25) is 5.95 Å². The number of nitrogens with zero attached hydrogens (tertiary/aromatic N) is 3. The highest BCUT2D eigenvalue weighted by Gasteiger charge is 2.10. The highest BCUT2D eigenvalue weighted by atomic mass is 79.9. The number of benzene rings is 1. The van der Waals surface area contributed by atoms with Crippen LogP contribution in [0, 0.1) is 5.82 Å². The molecular formula is C12H10BrFN6. The number of halogens is 2. The molecule has 20 heavy (non-hydrogen) atoms. The zero-order valence-electron chi connectivity index (χ0n) is 10.4. The zero-order chi connectivity index (χ0) is 14.1. The molecule has 0 aliphatic rings. The minimum absolute atomic E-state index is 0.346. The first kappa shape index (κ1) is 12.8. The molecule has 3 aromatic rings. The zero-order valence-corrected chi connectivity index (χ0v) is 12.0. The Morgan fingerprint density at radius 2 is 2.15 bits per heavy atom. The highest BCUT2D eigenvalue weighted by Crippen LogP contribution is 2.26. The molecule has 0 atom stereocenters. The van der Waals surface area contributed by atoms with Crippen LogP contribution in [0.5, 0.6) is 0 Å². The van der Waals surface area contributed by atoms with E-state index in [1.807, 2.05) is 0 Å². The number of aromatic amines is 1. The van der Waals surface area contributed by atoms with Crippen LogP contribution in [0.1, 0.15) is 0 Å². The van der Waals surface area contributed by atoms with Crippen LogP contribution < -0.4 is 10.6 Å². The fourth-order valence-electron chi connectivity index (χ4n) is 1.75. The number of hydrogen-bond acceptors (Lipinski definition) is 5. The molecule has 1 aromatic carbocycles. The van der Waals surface area contributed by atoms with Gasteiger partial charge in [0, 0.05) is 12.7 Å². The third kappa shape index (κ3) is 2.29. The van der Waals surface area contributed by atoms with E-state index in [1.54, 1.807) is 25.4 Å². The molecule has 102 valence electrons. The topological polar surface area (TPSA) is 78.5 Å². The van der Waals surface area contributed by atoms with Crippen LogP contribution in [0.2, 0.25) is 0 Å². The van der Waals surface area contributed by atoms with Crippen LogP contribution in [-0.4, -0.2) is 27.2 Å². The molecule has 8 heteroatoms. The van der Waals surface area contributed by atoms with Crippen LogP contribution in [0.25, 0.3) is 11.0 Å². The van der Waals surface area contributed by atoms with Gasteiger partial charge in [-0.05, 0) is 34.1 Å². The van der Waals surface area contributed by atoms with E-state index >= 15 is 0 Å². The van der Waals surface area contributed by atoms with Gasteiger partial charge in [-0.1, -0.05) is 0 Å². The van der Waals surface area contributed by atoms with Crippen molar-refractivity contribution < 1.29 is 4.39 Å². The summed E-state index contributed by atoms with van der Waals surface area (Å²) in [6.07, 6.45) is 1.62. The molecular weight excluding hydrogens is 327 g/mol. The summed E-state index contributed by atoms with van der Waals surface area (Å²) in [5, 5.41) is 13.4. The van der Waals surface area contributed by atoms with Gasteiger partial charge in [-0.25, -0.2) is 4.39 Å². The summed E-state index contributed by atoms with van der Waals surface area (Å²) in [6.45, 7) is 0. The molecule has 6 nitrogen and oxygen atoms in total. The maximum absolute atomic E-state index is 13.5. The van der Waals surface area contributed by atoms with Crippen molar-refractivity contribution in [3.05, 3.63) is 34.7 Å². The summed E-state index contributed by atoms with van der Waals surface area (Å²) in [5.41, 5.74) is 1.19. The second-order valence-corrected chi connectivity index (χ2v) is 4.89. The lowest BCUT2D eigenvalue weighted by atomic mass is 10.3. The number of fused-ring (bicyclic) bond motifs is 1. The molecule has 0 unspecified atom stereocenters. The van der Waals surface area contributed by atoms with Crippen molar-refractivity contribution in [2.24, 2.45) is 0 Å². The van der Waals surface area contributed by atoms with E-state index in [0.29, 0.717) is 27.6 Å². The summed E-state index contributed by atoms with van der Waals surface area (Å²) in [4.78, 5) is 8.54. The third-order valence-electron chi connectivity index (χ3n) is 2.72. The predicted octanol–water partition coefficient (Wildman–Crippen LogP) is 3.04. The number of rotatable bonds is 3. The van der Waals surface area contributed by atoms with Gasteiger partial charge >= 0.3 is 0 Å². The first-order valence-corrected chi connectivity index (χ1v) is 6.57. The molecule has 3 N–H and O–H groups in total. The largest absolute Gasteiger partial charge is 0.357 e. The molecule has 0 spiro atoms. The number of anilines is 3. The van der Waals surface area contributed by atoms with Crippen LogP contribution in [-0.2, 0) is 0 Å². The first-order chi connectivity index (χ1) is 9.67. The molecule has 0 fully saturated rings. The van der Waals surface area contributed by atoms with Gasteiger partial charge in [-0.2, -0.15) is 15.1 Å². The minimum atomic E-state index is -0.346. The predicted molar refractivity (Wildman–Crippen MR) is 78.6 cm³/mol. The molecule has 0 saturated heterocycles. The van der Waals surface area contributed by atoms with Crippen molar-refractivity contribution in [3.8, 4) is 0 Å². The van der Waals surface area contributed by atoms with Gasteiger partial charge in [0.1, 0.15) is 11.6 Å². The molecule has 2 heterocycles. The maximum atomic E-state index is 13.5. The average molecular weight is 337 g/mol. The van der Waals surface area contributed by atoms with E-state index in [1.165, 1.54) is 6.07 Å². The molecule has 0 radical (unpaired) electrons. The molecule has 0 bridgehead atoms. The first-order valence-electron chi connectivity index (χ1n) is 5.78. The number of nitrogens with one attached hydrogen (secondary N) is 3. The molecule has 3 rings (SSSR count). The Kier molecular flexibility index (Phi) is 3.23. The SMILES string of the molecule is CNc1nc(Nc2ccc(Br)c(F)c2)c2cn[nH]c2n1. The summed E-state index contributed by atoms with van der Waals surface area (Å²) >= 11 is 3.12.